The largest absolute Gasteiger partial charge is 0.527 e. The van der Waals surface area contributed by atoms with Crippen molar-refractivity contribution in [2.45, 2.75) is 73.1 Å². The molecule has 2 unspecified atom stereocenters. The molecule has 264 valence electrons. The van der Waals surface area contributed by atoms with Gasteiger partial charge in [0.25, 0.3) is 5.78 Å². The molecule has 0 radical (unpaired) electrons. The van der Waals surface area contributed by atoms with Crippen molar-refractivity contribution in [2.24, 2.45) is 0 Å². The monoisotopic (exact) mass is 730 g/mol. The maximum absolute atomic E-state index is 14.2. The molecular weight excluding hydrogens is 730 g/mol. The lowest BCUT2D eigenvalue weighted by molar-refractivity contribution is -0.530. The molecule has 0 aliphatic heterocycles. The van der Waals surface area contributed by atoms with Crippen molar-refractivity contribution < 1.29 is 138 Å². The minimum absolute atomic E-state index is 1.07. The standard InChI is InChI=1S/C13F26O5/c14-2(6(20,21)22,41-8(26,27)4(16,17)10(30,31)43-12(34,35)36)1(40)3(15,7(23,24)25)42-9(28,29)5(18,19)11(32,33)44-13(37,38)39. The van der Waals surface area contributed by atoms with Crippen LogP contribution in [0.15, 0.2) is 0 Å². The van der Waals surface area contributed by atoms with Gasteiger partial charge in [-0.05, 0) is 0 Å². The smallest absolute Gasteiger partial charge is 0.286 e. The Hall–Kier alpha value is -2.31. The number of Topliss-reactive ketones (excluding diaryl/α,β-unsaturated/α-hetero) is 1. The second-order valence-corrected chi connectivity index (χ2v) is 7.03. The summed E-state index contributed by atoms with van der Waals surface area (Å²) in [7, 11) is 0. The molecule has 2 atom stereocenters. The van der Waals surface area contributed by atoms with Gasteiger partial charge in [-0.2, -0.15) is 87.8 Å². The van der Waals surface area contributed by atoms with Gasteiger partial charge in [-0.15, -0.1) is 26.3 Å². The summed E-state index contributed by atoms with van der Waals surface area (Å²) >= 11 is 0. The average molecular weight is 730 g/mol. The average Bonchev–Trinajstić information content (AvgIpc) is 2.66. The van der Waals surface area contributed by atoms with Crippen LogP contribution in [0.4, 0.5) is 114 Å². The Bertz CT molecular complexity index is 955. The highest BCUT2D eigenvalue weighted by Gasteiger charge is 2.87. The van der Waals surface area contributed by atoms with Crippen LogP contribution in [0.1, 0.15) is 0 Å². The van der Waals surface area contributed by atoms with Gasteiger partial charge in [-0.25, -0.2) is 9.47 Å². The first-order chi connectivity index (χ1) is 18.5. The van der Waals surface area contributed by atoms with Crippen molar-refractivity contribution in [2.75, 3.05) is 0 Å². The van der Waals surface area contributed by atoms with E-state index in [4.69, 9.17) is 0 Å². The molecule has 44 heavy (non-hydrogen) atoms. The van der Waals surface area contributed by atoms with Crippen LogP contribution >= 0.6 is 0 Å². The van der Waals surface area contributed by atoms with E-state index in [1.807, 2.05) is 0 Å². The number of carbonyl (C=O) groups excluding carboxylic acids is 1. The van der Waals surface area contributed by atoms with E-state index in [-0.39, 0.29) is 0 Å². The van der Waals surface area contributed by atoms with Gasteiger partial charge < -0.3 is 0 Å². The minimum Gasteiger partial charge on any atom is -0.286 e. The molecule has 0 aromatic rings. The maximum Gasteiger partial charge on any atom is 0.527 e. The second-order valence-electron chi connectivity index (χ2n) is 7.03. The molecule has 0 amide bonds. The van der Waals surface area contributed by atoms with E-state index in [1.54, 1.807) is 0 Å². The number of rotatable bonds is 12. The van der Waals surface area contributed by atoms with Crippen LogP contribution in [0.25, 0.3) is 0 Å². The first-order valence-electron chi connectivity index (χ1n) is 8.75. The number of hydrogen-bond donors (Lipinski definition) is 0. The van der Waals surface area contributed by atoms with Crippen LogP contribution in [-0.4, -0.2) is 78.8 Å². The van der Waals surface area contributed by atoms with Crippen LogP contribution in [0.5, 0.6) is 0 Å². The Morgan fingerprint density at radius 3 is 0.659 bits per heavy atom. The molecule has 0 saturated heterocycles. The first kappa shape index (κ1) is 41.7. The number of alkyl halides is 26. The number of halogens is 26. The summed E-state index contributed by atoms with van der Waals surface area (Å²) in [6.45, 7) is 0. The third-order valence-corrected chi connectivity index (χ3v) is 3.80. The van der Waals surface area contributed by atoms with Gasteiger partial charge in [-0.1, -0.05) is 0 Å². The van der Waals surface area contributed by atoms with E-state index < -0.39 is 78.8 Å². The van der Waals surface area contributed by atoms with E-state index in [9.17, 15) is 119 Å². The minimum atomic E-state index is -8.60. The Kier molecular flexibility index (Phi) is 10.3. The predicted molar refractivity (Wildman–Crippen MR) is 70.9 cm³/mol. The molecule has 0 saturated carbocycles. The lowest BCUT2D eigenvalue weighted by atomic mass is 10.0. The summed E-state index contributed by atoms with van der Waals surface area (Å²) in [4.78, 5) is 11.4. The van der Waals surface area contributed by atoms with E-state index in [0.717, 1.165) is 18.9 Å². The number of hydrogen-bond acceptors (Lipinski definition) is 5. The van der Waals surface area contributed by atoms with Crippen molar-refractivity contribution in [3.05, 3.63) is 0 Å². The number of ketones is 1. The summed E-state index contributed by atoms with van der Waals surface area (Å²) < 4.78 is 339. The second kappa shape index (κ2) is 10.9. The van der Waals surface area contributed by atoms with Gasteiger partial charge in [0.15, 0.2) is 0 Å². The van der Waals surface area contributed by atoms with Crippen LogP contribution in [0.3, 0.4) is 0 Å². The van der Waals surface area contributed by atoms with E-state index >= 15 is 0 Å². The molecule has 0 aromatic carbocycles. The van der Waals surface area contributed by atoms with Crippen LogP contribution in [-0.2, 0) is 23.7 Å². The third kappa shape index (κ3) is 7.73. The molecule has 0 spiro atoms. The Balaban J connectivity index is 7.27. The van der Waals surface area contributed by atoms with Crippen LogP contribution in [0.2, 0.25) is 0 Å². The van der Waals surface area contributed by atoms with Crippen molar-refractivity contribution in [1.82, 2.24) is 0 Å². The first-order valence-corrected chi connectivity index (χ1v) is 8.75. The fourth-order valence-corrected chi connectivity index (χ4v) is 1.91. The van der Waals surface area contributed by atoms with Gasteiger partial charge in [0, 0.05) is 0 Å². The zero-order valence-corrected chi connectivity index (χ0v) is 18.4. The topological polar surface area (TPSA) is 54.0 Å². The zero-order chi connectivity index (χ0) is 36.4. The molecule has 0 N–H and O–H groups in total. The van der Waals surface area contributed by atoms with E-state index in [0.29, 0.717) is 0 Å². The summed E-state index contributed by atoms with van der Waals surface area (Å²) in [6, 6.07) is 0. The molecule has 0 aromatic heterocycles. The quantitative estimate of drug-likeness (QED) is 0.192. The van der Waals surface area contributed by atoms with Crippen molar-refractivity contribution in [3.63, 3.8) is 0 Å². The summed E-state index contributed by atoms with van der Waals surface area (Å²) in [5.74, 6) is -40.4. The predicted octanol–water partition coefficient (Wildman–Crippen LogP) is 7.76. The molecule has 0 fully saturated rings. The molecule has 0 aliphatic carbocycles. The van der Waals surface area contributed by atoms with Crippen LogP contribution < -0.4 is 0 Å². The zero-order valence-electron chi connectivity index (χ0n) is 18.4. The van der Waals surface area contributed by atoms with Crippen molar-refractivity contribution in [3.8, 4) is 0 Å². The maximum atomic E-state index is 14.2. The molecule has 0 bridgehead atoms. The summed E-state index contributed by atoms with van der Waals surface area (Å²) in [5, 5.41) is 0. The molecule has 0 aliphatic rings. The highest BCUT2D eigenvalue weighted by Crippen LogP contribution is 2.57. The molecule has 0 heterocycles. The van der Waals surface area contributed by atoms with Gasteiger partial charge in [-0.3, -0.25) is 14.3 Å². The molecule has 31 heteroatoms. The fourth-order valence-electron chi connectivity index (χ4n) is 1.91. The number of ether oxygens (including phenoxy) is 4. The Morgan fingerprint density at radius 1 is 0.318 bits per heavy atom. The highest BCUT2D eigenvalue weighted by atomic mass is 19.4. The van der Waals surface area contributed by atoms with Crippen molar-refractivity contribution in [1.29, 1.82) is 0 Å². The summed E-state index contributed by atoms with van der Waals surface area (Å²) in [5.41, 5.74) is 0. The van der Waals surface area contributed by atoms with Gasteiger partial charge in [0.1, 0.15) is 0 Å². The van der Waals surface area contributed by atoms with Gasteiger partial charge in [0.05, 0.1) is 0 Å². The summed E-state index contributed by atoms with van der Waals surface area (Å²) in [6.07, 6.45) is -64.5. The SMILES string of the molecule is O=C(C(F)(OC(F)(F)C(F)(F)C(F)(F)OC(F)(F)F)C(F)(F)F)C(F)(OC(F)(F)C(F)(F)C(F)(F)OC(F)(F)F)C(F)(F)F. The Morgan fingerprint density at radius 2 is 0.500 bits per heavy atom. The lowest BCUT2D eigenvalue weighted by Gasteiger charge is -2.40. The van der Waals surface area contributed by atoms with Gasteiger partial charge in [0.2, 0.25) is 0 Å². The van der Waals surface area contributed by atoms with E-state index in [2.05, 4.69) is 0 Å². The normalized spacial score (nSPS) is 18.6. The third-order valence-electron chi connectivity index (χ3n) is 3.80. The fraction of sp³-hybridized carbons (Fsp3) is 0.923. The molecule has 5 nitrogen and oxygen atoms in total. The Labute approximate surface area is 218 Å². The van der Waals surface area contributed by atoms with Gasteiger partial charge >= 0.3 is 73.1 Å². The van der Waals surface area contributed by atoms with Crippen LogP contribution in [0, 0.1) is 0 Å². The highest BCUT2D eigenvalue weighted by molar-refractivity contribution is 5.94. The van der Waals surface area contributed by atoms with E-state index in [1.165, 1.54) is 0 Å². The number of carbonyl (C=O) groups is 1. The lowest BCUT2D eigenvalue weighted by Crippen LogP contribution is -2.70. The van der Waals surface area contributed by atoms with Crippen molar-refractivity contribution >= 4 is 5.78 Å². The molecule has 0 rings (SSSR count). The molecular formula is C13F26O5.